The molecule has 0 radical (unpaired) electrons. The first-order valence-corrected chi connectivity index (χ1v) is 12.8. The first kappa shape index (κ1) is 21.1. The lowest BCUT2D eigenvalue weighted by Crippen LogP contribution is -2.44. The second-order valence-corrected chi connectivity index (χ2v) is 11.6. The predicted octanol–water partition coefficient (Wildman–Crippen LogP) is 1.43. The Kier molecular flexibility index (Phi) is 5.44. The molecule has 3 aliphatic rings. The number of sulfonamides is 1. The molecule has 3 aliphatic heterocycles. The van der Waals surface area contributed by atoms with E-state index in [1.165, 1.54) is 4.52 Å². The Morgan fingerprint density at radius 3 is 2.71 bits per heavy atom. The maximum Gasteiger partial charge on any atom is 0.277 e. The Morgan fingerprint density at radius 2 is 1.97 bits per heavy atom. The van der Waals surface area contributed by atoms with Crippen molar-refractivity contribution in [2.24, 2.45) is 0 Å². The van der Waals surface area contributed by atoms with Crippen LogP contribution in [0.5, 0.6) is 0 Å². The molecule has 0 spiro atoms. The van der Waals surface area contributed by atoms with Gasteiger partial charge in [0.05, 0.1) is 28.2 Å². The fourth-order valence-electron chi connectivity index (χ4n) is 5.18. The van der Waals surface area contributed by atoms with Gasteiger partial charge in [0, 0.05) is 51.4 Å². The third-order valence-electron chi connectivity index (χ3n) is 7.00. The van der Waals surface area contributed by atoms with Crippen LogP contribution >= 0.6 is 0 Å². The lowest BCUT2D eigenvalue weighted by atomic mass is 10.0. The van der Waals surface area contributed by atoms with E-state index in [9.17, 15) is 13.2 Å². The van der Waals surface area contributed by atoms with E-state index in [2.05, 4.69) is 10.00 Å². The molecule has 0 aliphatic carbocycles. The summed E-state index contributed by atoms with van der Waals surface area (Å²) >= 11 is 0. The normalized spacial score (nSPS) is 24.3. The first-order valence-electron chi connectivity index (χ1n) is 11.3. The van der Waals surface area contributed by atoms with Crippen molar-refractivity contribution in [2.75, 3.05) is 26.3 Å². The van der Waals surface area contributed by atoms with Gasteiger partial charge in [-0.1, -0.05) is 0 Å². The van der Waals surface area contributed by atoms with Gasteiger partial charge in [0.15, 0.2) is 5.65 Å². The summed E-state index contributed by atoms with van der Waals surface area (Å²) in [5.74, 6) is 0. The van der Waals surface area contributed by atoms with Crippen LogP contribution < -0.4 is 5.56 Å². The Bertz CT molecular complexity index is 1130. The Balaban J connectivity index is 1.48. The SMILES string of the molecule is CC(C)S(=O)(=O)N1CCCC1c1cc2nc3c(c(=O)n2[nH]1)CN(C1CCOCC1)CC3. The molecule has 2 fully saturated rings. The highest BCUT2D eigenvalue weighted by Crippen LogP contribution is 2.35. The molecule has 9 nitrogen and oxygen atoms in total. The number of nitrogens with zero attached hydrogens (tertiary/aromatic N) is 4. The highest BCUT2D eigenvalue weighted by atomic mass is 32.2. The van der Waals surface area contributed by atoms with Crippen LogP contribution in [0.3, 0.4) is 0 Å². The number of rotatable bonds is 4. The van der Waals surface area contributed by atoms with Crippen molar-refractivity contribution in [3.8, 4) is 0 Å². The van der Waals surface area contributed by atoms with Crippen LogP contribution in [0.2, 0.25) is 0 Å². The summed E-state index contributed by atoms with van der Waals surface area (Å²) in [5.41, 5.74) is 2.87. The Morgan fingerprint density at radius 1 is 1.19 bits per heavy atom. The van der Waals surface area contributed by atoms with E-state index < -0.39 is 15.3 Å². The zero-order valence-corrected chi connectivity index (χ0v) is 19.0. The van der Waals surface area contributed by atoms with Gasteiger partial charge in [-0.05, 0) is 39.5 Å². The van der Waals surface area contributed by atoms with Crippen molar-refractivity contribution in [1.29, 1.82) is 0 Å². The zero-order chi connectivity index (χ0) is 21.8. The van der Waals surface area contributed by atoms with Crippen LogP contribution in [0.4, 0.5) is 0 Å². The number of ether oxygens (including phenoxy) is 1. The van der Waals surface area contributed by atoms with Crippen LogP contribution in [0, 0.1) is 0 Å². The van der Waals surface area contributed by atoms with E-state index in [4.69, 9.17) is 9.72 Å². The van der Waals surface area contributed by atoms with Gasteiger partial charge >= 0.3 is 0 Å². The summed E-state index contributed by atoms with van der Waals surface area (Å²) < 4.78 is 34.2. The molecular formula is C21H31N5O4S. The minimum absolute atomic E-state index is 0.0701. The van der Waals surface area contributed by atoms with Gasteiger partial charge in [-0.25, -0.2) is 17.9 Å². The molecule has 1 N–H and O–H groups in total. The molecule has 0 bridgehead atoms. The monoisotopic (exact) mass is 449 g/mol. The molecule has 31 heavy (non-hydrogen) atoms. The lowest BCUT2D eigenvalue weighted by Gasteiger charge is -2.36. The number of hydrogen-bond donors (Lipinski definition) is 1. The Hall–Kier alpha value is -1.75. The molecule has 10 heteroatoms. The highest BCUT2D eigenvalue weighted by Gasteiger charge is 2.38. The standard InChI is InChI=1S/C21H31N5O4S/c1-14(2)31(28,29)25-8-3-4-19(25)18-12-20-22-17-5-9-24(15-6-10-30-11-7-15)13-16(17)21(27)26(20)23-18/h12,14-15,19,23H,3-11,13H2,1-2H3. The summed E-state index contributed by atoms with van der Waals surface area (Å²) in [7, 11) is -3.37. The summed E-state index contributed by atoms with van der Waals surface area (Å²) in [4.78, 5) is 20.5. The summed E-state index contributed by atoms with van der Waals surface area (Å²) in [6.07, 6.45) is 4.31. The smallest absolute Gasteiger partial charge is 0.277 e. The number of fused-ring (bicyclic) bond motifs is 2. The lowest BCUT2D eigenvalue weighted by molar-refractivity contribution is 0.0286. The molecule has 0 aromatic carbocycles. The van der Waals surface area contributed by atoms with E-state index in [0.29, 0.717) is 24.8 Å². The average Bonchev–Trinajstić information content (AvgIpc) is 3.42. The fourth-order valence-corrected chi connectivity index (χ4v) is 6.68. The third kappa shape index (κ3) is 3.63. The van der Waals surface area contributed by atoms with Crippen LogP contribution in [0.25, 0.3) is 5.65 Å². The number of nitrogens with one attached hydrogen (secondary N) is 1. The fraction of sp³-hybridized carbons (Fsp3) is 0.714. The van der Waals surface area contributed by atoms with E-state index in [1.54, 1.807) is 18.2 Å². The van der Waals surface area contributed by atoms with Gasteiger partial charge < -0.3 is 4.74 Å². The number of H-pyrrole nitrogens is 1. The summed E-state index contributed by atoms with van der Waals surface area (Å²) in [6.45, 7) is 7.00. The summed E-state index contributed by atoms with van der Waals surface area (Å²) in [6, 6.07) is 2.03. The molecule has 1 atom stereocenters. The zero-order valence-electron chi connectivity index (χ0n) is 18.2. The first-order chi connectivity index (χ1) is 14.9. The van der Waals surface area contributed by atoms with Gasteiger partial charge in [-0.15, -0.1) is 0 Å². The maximum atomic E-state index is 13.3. The van der Waals surface area contributed by atoms with Gasteiger partial charge in [0.25, 0.3) is 5.56 Å². The van der Waals surface area contributed by atoms with Crippen molar-refractivity contribution in [3.05, 3.63) is 33.4 Å². The average molecular weight is 450 g/mol. The molecule has 5 rings (SSSR count). The van der Waals surface area contributed by atoms with E-state index in [0.717, 1.165) is 68.8 Å². The van der Waals surface area contributed by atoms with E-state index in [1.807, 2.05) is 6.07 Å². The molecule has 170 valence electrons. The second-order valence-electron chi connectivity index (χ2n) is 9.17. The predicted molar refractivity (Wildman–Crippen MR) is 117 cm³/mol. The maximum absolute atomic E-state index is 13.3. The van der Waals surface area contributed by atoms with Crippen LogP contribution in [-0.4, -0.2) is 69.8 Å². The van der Waals surface area contributed by atoms with Gasteiger partial charge in [0.1, 0.15) is 0 Å². The van der Waals surface area contributed by atoms with Crippen molar-refractivity contribution in [2.45, 2.75) is 69.8 Å². The van der Waals surface area contributed by atoms with Crippen molar-refractivity contribution in [3.63, 3.8) is 0 Å². The Labute approximate surface area is 182 Å². The van der Waals surface area contributed by atoms with Gasteiger partial charge in [-0.3, -0.25) is 14.8 Å². The molecule has 2 aromatic heterocycles. The molecule has 0 saturated carbocycles. The minimum atomic E-state index is -3.37. The van der Waals surface area contributed by atoms with Crippen LogP contribution in [0.1, 0.15) is 62.5 Å². The topological polar surface area (TPSA) is 100 Å². The number of aromatic nitrogens is 3. The van der Waals surface area contributed by atoms with Crippen molar-refractivity contribution in [1.82, 2.24) is 23.8 Å². The number of aromatic amines is 1. The van der Waals surface area contributed by atoms with E-state index >= 15 is 0 Å². The van der Waals surface area contributed by atoms with Gasteiger partial charge in [-0.2, -0.15) is 4.31 Å². The molecular weight excluding hydrogens is 418 g/mol. The molecule has 1 unspecified atom stereocenters. The van der Waals surface area contributed by atoms with Gasteiger partial charge in [0.2, 0.25) is 10.0 Å². The number of hydrogen-bond acceptors (Lipinski definition) is 6. The van der Waals surface area contributed by atoms with E-state index in [-0.39, 0.29) is 11.6 Å². The third-order valence-corrected chi connectivity index (χ3v) is 9.29. The van der Waals surface area contributed by atoms with Crippen molar-refractivity contribution < 1.29 is 13.2 Å². The molecule has 2 aromatic rings. The van der Waals surface area contributed by atoms with Crippen molar-refractivity contribution >= 4 is 15.7 Å². The largest absolute Gasteiger partial charge is 0.381 e. The molecule has 0 amide bonds. The second kappa shape index (κ2) is 7.99. The molecule has 5 heterocycles. The summed E-state index contributed by atoms with van der Waals surface area (Å²) in [5, 5.41) is 2.72. The minimum Gasteiger partial charge on any atom is -0.381 e. The van der Waals surface area contributed by atoms with Crippen LogP contribution in [-0.2, 0) is 27.7 Å². The molecule has 2 saturated heterocycles. The van der Waals surface area contributed by atoms with Crippen LogP contribution in [0.15, 0.2) is 10.9 Å². The highest BCUT2D eigenvalue weighted by molar-refractivity contribution is 7.89. The quantitative estimate of drug-likeness (QED) is 0.758.